The fraction of sp³-hybridized carbons (Fsp3) is 0.467. The number of thioether (sulfide) groups is 1. The van der Waals surface area contributed by atoms with Crippen molar-refractivity contribution in [2.75, 3.05) is 11.6 Å². The average molecular weight is 294 g/mol. The van der Waals surface area contributed by atoms with Crippen LogP contribution in [0.25, 0.3) is 0 Å². The van der Waals surface area contributed by atoms with E-state index < -0.39 is 11.5 Å². The van der Waals surface area contributed by atoms with Crippen molar-refractivity contribution in [3.8, 4) is 0 Å². The van der Waals surface area contributed by atoms with Gasteiger partial charge < -0.3 is 10.6 Å². The van der Waals surface area contributed by atoms with Gasteiger partial charge in [0.05, 0.1) is 0 Å². The largest absolute Gasteiger partial charge is 0.344 e. The summed E-state index contributed by atoms with van der Waals surface area (Å²) in [6, 6.07) is 7.02. The van der Waals surface area contributed by atoms with E-state index in [1.54, 1.807) is 18.7 Å². The third-order valence-electron chi connectivity index (χ3n) is 2.78. The Kier molecular flexibility index (Phi) is 5.62. The zero-order valence-electron chi connectivity index (χ0n) is 12.6. The SMILES string of the molecule is CSc1ccc(NC(=O)C(C)NC(=O)C(C)(C)C)cc1. The van der Waals surface area contributed by atoms with Crippen molar-refractivity contribution in [2.24, 2.45) is 5.41 Å². The van der Waals surface area contributed by atoms with Gasteiger partial charge in [-0.15, -0.1) is 11.8 Å². The summed E-state index contributed by atoms with van der Waals surface area (Å²) in [6.45, 7) is 7.12. The summed E-state index contributed by atoms with van der Waals surface area (Å²) in [6.07, 6.45) is 2.00. The average Bonchev–Trinajstić information content (AvgIpc) is 2.38. The van der Waals surface area contributed by atoms with Gasteiger partial charge in [-0.1, -0.05) is 20.8 Å². The fourth-order valence-corrected chi connectivity index (χ4v) is 1.81. The fourth-order valence-electron chi connectivity index (χ4n) is 1.40. The summed E-state index contributed by atoms with van der Waals surface area (Å²) in [5.74, 6) is -0.364. The Bertz CT molecular complexity index is 478. The molecule has 2 amide bonds. The summed E-state index contributed by atoms with van der Waals surface area (Å²) < 4.78 is 0. The highest BCUT2D eigenvalue weighted by Gasteiger charge is 2.24. The van der Waals surface area contributed by atoms with Gasteiger partial charge in [0.2, 0.25) is 11.8 Å². The zero-order chi connectivity index (χ0) is 15.3. The molecule has 20 heavy (non-hydrogen) atoms. The molecular formula is C15H22N2O2S. The Hall–Kier alpha value is -1.49. The minimum absolute atomic E-state index is 0.141. The van der Waals surface area contributed by atoms with Crippen LogP contribution in [0, 0.1) is 5.41 Å². The number of anilines is 1. The van der Waals surface area contributed by atoms with E-state index >= 15 is 0 Å². The van der Waals surface area contributed by atoms with Crippen molar-refractivity contribution >= 4 is 29.3 Å². The van der Waals surface area contributed by atoms with E-state index in [9.17, 15) is 9.59 Å². The monoisotopic (exact) mass is 294 g/mol. The second-order valence-electron chi connectivity index (χ2n) is 5.66. The van der Waals surface area contributed by atoms with Gasteiger partial charge in [-0.3, -0.25) is 9.59 Å². The normalized spacial score (nSPS) is 12.7. The molecule has 2 N–H and O–H groups in total. The van der Waals surface area contributed by atoms with E-state index in [2.05, 4.69) is 10.6 Å². The third kappa shape index (κ3) is 4.89. The van der Waals surface area contributed by atoms with Crippen LogP contribution in [0.3, 0.4) is 0 Å². The van der Waals surface area contributed by atoms with Crippen molar-refractivity contribution in [1.82, 2.24) is 5.32 Å². The number of carbonyl (C=O) groups excluding carboxylic acids is 2. The van der Waals surface area contributed by atoms with E-state index in [0.29, 0.717) is 0 Å². The van der Waals surface area contributed by atoms with Gasteiger partial charge in [-0.25, -0.2) is 0 Å². The lowest BCUT2D eigenvalue weighted by molar-refractivity contribution is -0.131. The number of benzene rings is 1. The molecule has 0 saturated carbocycles. The summed E-state index contributed by atoms with van der Waals surface area (Å²) >= 11 is 1.64. The molecule has 5 heteroatoms. The maximum Gasteiger partial charge on any atom is 0.246 e. The van der Waals surface area contributed by atoms with Crippen LogP contribution in [0.1, 0.15) is 27.7 Å². The van der Waals surface area contributed by atoms with Gasteiger partial charge in [0.25, 0.3) is 0 Å². The summed E-state index contributed by atoms with van der Waals surface area (Å²) in [5.41, 5.74) is 0.221. The van der Waals surface area contributed by atoms with E-state index in [0.717, 1.165) is 10.6 Å². The topological polar surface area (TPSA) is 58.2 Å². The Labute approximate surface area is 124 Å². The lowest BCUT2D eigenvalue weighted by Gasteiger charge is -2.21. The first-order valence-corrected chi connectivity index (χ1v) is 7.72. The van der Waals surface area contributed by atoms with E-state index in [4.69, 9.17) is 0 Å². The highest BCUT2D eigenvalue weighted by atomic mass is 32.2. The van der Waals surface area contributed by atoms with Crippen LogP contribution in [0.4, 0.5) is 5.69 Å². The molecule has 0 aliphatic heterocycles. The number of amides is 2. The molecule has 0 heterocycles. The molecular weight excluding hydrogens is 272 g/mol. The number of carbonyl (C=O) groups is 2. The Morgan fingerprint density at radius 3 is 2.15 bits per heavy atom. The van der Waals surface area contributed by atoms with E-state index in [-0.39, 0.29) is 11.8 Å². The smallest absolute Gasteiger partial charge is 0.246 e. The van der Waals surface area contributed by atoms with Crippen LogP contribution in [-0.4, -0.2) is 24.1 Å². The maximum absolute atomic E-state index is 12.0. The summed E-state index contributed by atoms with van der Waals surface area (Å²) in [5, 5.41) is 5.49. The second-order valence-corrected chi connectivity index (χ2v) is 6.54. The molecule has 0 bridgehead atoms. The van der Waals surface area contributed by atoms with Gasteiger partial charge in [-0.05, 0) is 37.4 Å². The molecule has 1 aromatic rings. The first-order valence-electron chi connectivity index (χ1n) is 6.50. The summed E-state index contributed by atoms with van der Waals surface area (Å²) in [4.78, 5) is 25.0. The molecule has 4 nitrogen and oxygen atoms in total. The van der Waals surface area contributed by atoms with Crippen LogP contribution < -0.4 is 10.6 Å². The van der Waals surface area contributed by atoms with Crippen molar-refractivity contribution in [3.63, 3.8) is 0 Å². The molecule has 1 atom stereocenters. The quantitative estimate of drug-likeness (QED) is 0.840. The minimum Gasteiger partial charge on any atom is -0.344 e. The molecule has 1 aromatic carbocycles. The molecule has 0 aliphatic rings. The van der Waals surface area contributed by atoms with Crippen molar-refractivity contribution in [2.45, 2.75) is 38.6 Å². The molecule has 1 rings (SSSR count). The van der Waals surface area contributed by atoms with Crippen LogP contribution in [0.5, 0.6) is 0 Å². The molecule has 1 unspecified atom stereocenters. The predicted octanol–water partition coefficient (Wildman–Crippen LogP) is 2.90. The molecule has 0 saturated heterocycles. The molecule has 110 valence electrons. The van der Waals surface area contributed by atoms with E-state index in [1.807, 2.05) is 51.3 Å². The van der Waals surface area contributed by atoms with Gasteiger partial charge in [0, 0.05) is 16.0 Å². The van der Waals surface area contributed by atoms with Crippen LogP contribution in [-0.2, 0) is 9.59 Å². The Morgan fingerprint density at radius 1 is 1.15 bits per heavy atom. The van der Waals surface area contributed by atoms with E-state index in [1.165, 1.54) is 0 Å². The highest BCUT2D eigenvalue weighted by molar-refractivity contribution is 7.98. The predicted molar refractivity (Wildman–Crippen MR) is 83.9 cm³/mol. The second kappa shape index (κ2) is 6.79. The number of nitrogens with one attached hydrogen (secondary N) is 2. The molecule has 0 radical (unpaired) electrons. The Morgan fingerprint density at radius 2 is 1.70 bits per heavy atom. The highest BCUT2D eigenvalue weighted by Crippen LogP contribution is 2.17. The van der Waals surface area contributed by atoms with Crippen LogP contribution >= 0.6 is 11.8 Å². The van der Waals surface area contributed by atoms with Gasteiger partial charge in [0.15, 0.2) is 0 Å². The van der Waals surface area contributed by atoms with Crippen LogP contribution in [0.2, 0.25) is 0 Å². The van der Waals surface area contributed by atoms with Crippen molar-refractivity contribution in [3.05, 3.63) is 24.3 Å². The van der Waals surface area contributed by atoms with Crippen molar-refractivity contribution < 1.29 is 9.59 Å². The first kappa shape index (κ1) is 16.6. The summed E-state index contributed by atoms with van der Waals surface area (Å²) in [7, 11) is 0. The van der Waals surface area contributed by atoms with Gasteiger partial charge >= 0.3 is 0 Å². The number of hydrogen-bond donors (Lipinski definition) is 2. The number of hydrogen-bond acceptors (Lipinski definition) is 3. The van der Waals surface area contributed by atoms with Crippen LogP contribution in [0.15, 0.2) is 29.2 Å². The minimum atomic E-state index is -0.568. The maximum atomic E-state index is 12.0. The van der Waals surface area contributed by atoms with Crippen molar-refractivity contribution in [1.29, 1.82) is 0 Å². The molecule has 0 spiro atoms. The van der Waals surface area contributed by atoms with Gasteiger partial charge in [0.1, 0.15) is 6.04 Å². The number of rotatable bonds is 4. The van der Waals surface area contributed by atoms with Gasteiger partial charge in [-0.2, -0.15) is 0 Å². The first-order chi connectivity index (χ1) is 9.24. The molecule has 0 fully saturated rings. The standard InChI is InChI=1S/C15H22N2O2S/c1-10(16-14(19)15(2,3)4)13(18)17-11-6-8-12(20-5)9-7-11/h6-10H,1-5H3,(H,16,19)(H,17,18). The lowest BCUT2D eigenvalue weighted by Crippen LogP contribution is -2.46. The Balaban J connectivity index is 2.59. The molecule has 0 aliphatic carbocycles. The zero-order valence-corrected chi connectivity index (χ0v) is 13.4. The lowest BCUT2D eigenvalue weighted by atomic mass is 9.95. The molecule has 0 aromatic heterocycles. The third-order valence-corrected chi connectivity index (χ3v) is 3.52.